The second kappa shape index (κ2) is 9.59. The summed E-state index contributed by atoms with van der Waals surface area (Å²) < 4.78 is 9.85. The third kappa shape index (κ3) is 5.03. The van der Waals surface area contributed by atoms with E-state index in [-0.39, 0.29) is 17.9 Å². The van der Waals surface area contributed by atoms with Crippen LogP contribution < -0.4 is 5.56 Å². The first-order valence-corrected chi connectivity index (χ1v) is 9.78. The van der Waals surface area contributed by atoms with Crippen molar-refractivity contribution in [3.8, 4) is 10.4 Å². The summed E-state index contributed by atoms with van der Waals surface area (Å²) in [6.45, 7) is 2.06. The normalized spacial score (nSPS) is 11.2. The Kier molecular flexibility index (Phi) is 6.91. The first-order chi connectivity index (χ1) is 13.6. The zero-order valence-corrected chi connectivity index (χ0v) is 16.8. The number of ether oxygens (including phenoxy) is 2. The smallest absolute Gasteiger partial charge is 0.306 e. The van der Waals surface area contributed by atoms with E-state index in [2.05, 4.69) is 9.97 Å². The van der Waals surface area contributed by atoms with Crippen LogP contribution in [0.5, 0.6) is 0 Å². The summed E-state index contributed by atoms with van der Waals surface area (Å²) in [7, 11) is 3.00. The van der Waals surface area contributed by atoms with Gasteiger partial charge in [-0.15, -0.1) is 11.3 Å². The molecule has 0 saturated carbocycles. The van der Waals surface area contributed by atoms with Gasteiger partial charge in [-0.05, 0) is 11.6 Å². The van der Waals surface area contributed by atoms with Crippen molar-refractivity contribution in [1.82, 2.24) is 14.9 Å². The van der Waals surface area contributed by atoms with E-state index in [4.69, 9.17) is 9.47 Å². The molecular formula is C20H23N3O4S. The van der Waals surface area contributed by atoms with Gasteiger partial charge in [0.2, 0.25) is 0 Å². The third-order valence-corrected chi connectivity index (χ3v) is 5.43. The van der Waals surface area contributed by atoms with Crippen LogP contribution in [0.3, 0.4) is 0 Å². The largest absolute Gasteiger partial charge is 0.469 e. The predicted molar refractivity (Wildman–Crippen MR) is 109 cm³/mol. The van der Waals surface area contributed by atoms with Gasteiger partial charge in [0, 0.05) is 25.1 Å². The summed E-state index contributed by atoms with van der Waals surface area (Å²) >= 11 is 1.50. The van der Waals surface area contributed by atoms with E-state index in [9.17, 15) is 9.59 Å². The predicted octanol–water partition coefficient (Wildman–Crippen LogP) is 2.66. The standard InChI is InChI=1S/C20H23N3O4S/c1-26-11-10-23(9-8-18(24)27-2)13-17-21-19(25)15-12-16(28-20(15)22-17)14-6-4-3-5-7-14/h3-7,12H,8-11,13H2,1-2H3,(H,21,22,25). The second-order valence-electron chi connectivity index (χ2n) is 6.30. The van der Waals surface area contributed by atoms with Crippen molar-refractivity contribution in [2.24, 2.45) is 0 Å². The van der Waals surface area contributed by atoms with Crippen LogP contribution >= 0.6 is 11.3 Å². The number of rotatable bonds is 9. The molecule has 0 aliphatic carbocycles. The molecule has 3 rings (SSSR count). The molecule has 0 atom stereocenters. The number of nitrogens with zero attached hydrogens (tertiary/aromatic N) is 2. The van der Waals surface area contributed by atoms with Crippen molar-refractivity contribution >= 4 is 27.5 Å². The van der Waals surface area contributed by atoms with E-state index < -0.39 is 0 Å². The van der Waals surface area contributed by atoms with Gasteiger partial charge >= 0.3 is 5.97 Å². The van der Waals surface area contributed by atoms with E-state index >= 15 is 0 Å². The Morgan fingerprint density at radius 3 is 2.71 bits per heavy atom. The van der Waals surface area contributed by atoms with Gasteiger partial charge in [-0.25, -0.2) is 4.98 Å². The summed E-state index contributed by atoms with van der Waals surface area (Å²) in [6.07, 6.45) is 0.268. The summed E-state index contributed by atoms with van der Waals surface area (Å²) in [4.78, 5) is 35.2. The first kappa shape index (κ1) is 20.2. The fourth-order valence-corrected chi connectivity index (χ4v) is 3.91. The summed E-state index contributed by atoms with van der Waals surface area (Å²) in [5, 5.41) is 0.589. The van der Waals surface area contributed by atoms with Gasteiger partial charge < -0.3 is 14.5 Å². The van der Waals surface area contributed by atoms with Crippen LogP contribution in [-0.2, 0) is 20.8 Å². The topological polar surface area (TPSA) is 84.5 Å². The Balaban J connectivity index is 1.83. The Morgan fingerprint density at radius 1 is 1.21 bits per heavy atom. The highest BCUT2D eigenvalue weighted by atomic mass is 32.1. The average Bonchev–Trinajstić information content (AvgIpc) is 3.15. The lowest BCUT2D eigenvalue weighted by atomic mass is 10.2. The van der Waals surface area contributed by atoms with Gasteiger partial charge in [-0.1, -0.05) is 30.3 Å². The molecule has 7 nitrogen and oxygen atoms in total. The maximum atomic E-state index is 12.5. The molecule has 148 valence electrons. The van der Waals surface area contributed by atoms with E-state index in [1.165, 1.54) is 18.4 Å². The zero-order valence-electron chi connectivity index (χ0n) is 15.9. The molecule has 0 aliphatic rings. The molecule has 0 bridgehead atoms. The summed E-state index contributed by atoms with van der Waals surface area (Å²) in [5.41, 5.74) is 0.907. The number of hydrogen-bond donors (Lipinski definition) is 1. The lowest BCUT2D eigenvalue weighted by molar-refractivity contribution is -0.141. The molecule has 0 fully saturated rings. The lowest BCUT2D eigenvalue weighted by Crippen LogP contribution is -2.31. The van der Waals surface area contributed by atoms with Crippen molar-refractivity contribution in [3.05, 3.63) is 52.6 Å². The molecule has 0 saturated heterocycles. The van der Waals surface area contributed by atoms with Crippen LogP contribution in [0.15, 0.2) is 41.2 Å². The molecular weight excluding hydrogens is 378 g/mol. The highest BCUT2D eigenvalue weighted by Crippen LogP contribution is 2.30. The van der Waals surface area contributed by atoms with Crippen LogP contribution in [-0.4, -0.2) is 54.8 Å². The number of aromatic amines is 1. The van der Waals surface area contributed by atoms with Gasteiger partial charge in [0.15, 0.2) is 0 Å². The van der Waals surface area contributed by atoms with Gasteiger partial charge in [0.05, 0.1) is 32.1 Å². The van der Waals surface area contributed by atoms with Crippen molar-refractivity contribution in [1.29, 1.82) is 0 Å². The van der Waals surface area contributed by atoms with Crippen LogP contribution in [0.4, 0.5) is 0 Å². The van der Waals surface area contributed by atoms with Crippen LogP contribution in [0.2, 0.25) is 0 Å². The SMILES string of the molecule is COCCN(CCC(=O)OC)Cc1nc2sc(-c3ccccc3)cc2c(=O)[nH]1. The minimum atomic E-state index is -0.273. The number of H-pyrrole nitrogens is 1. The Hall–Kier alpha value is -2.55. The third-order valence-electron chi connectivity index (χ3n) is 4.35. The number of carbonyl (C=O) groups is 1. The minimum Gasteiger partial charge on any atom is -0.469 e. The number of carbonyl (C=O) groups excluding carboxylic acids is 1. The number of fused-ring (bicyclic) bond motifs is 1. The second-order valence-corrected chi connectivity index (χ2v) is 7.33. The Morgan fingerprint density at radius 2 is 2.00 bits per heavy atom. The van der Waals surface area contributed by atoms with E-state index in [1.54, 1.807) is 7.11 Å². The van der Waals surface area contributed by atoms with Crippen molar-refractivity contribution in [3.63, 3.8) is 0 Å². The number of thiophene rings is 1. The monoisotopic (exact) mass is 401 g/mol. The van der Waals surface area contributed by atoms with E-state index in [0.717, 1.165) is 10.4 Å². The molecule has 2 heterocycles. The molecule has 3 aromatic rings. The molecule has 0 aliphatic heterocycles. The van der Waals surface area contributed by atoms with Gasteiger partial charge in [-0.3, -0.25) is 14.5 Å². The number of methoxy groups -OCH3 is 2. The first-order valence-electron chi connectivity index (χ1n) is 8.97. The number of benzene rings is 1. The highest BCUT2D eigenvalue weighted by molar-refractivity contribution is 7.21. The highest BCUT2D eigenvalue weighted by Gasteiger charge is 2.14. The fourth-order valence-electron chi connectivity index (χ4n) is 2.85. The van der Waals surface area contributed by atoms with Gasteiger partial charge in [-0.2, -0.15) is 0 Å². The molecule has 0 unspecified atom stereocenters. The van der Waals surface area contributed by atoms with Crippen LogP contribution in [0, 0.1) is 0 Å². The Labute approximate surface area is 166 Å². The summed E-state index contributed by atoms with van der Waals surface area (Å²) in [5.74, 6) is 0.296. The number of esters is 1. The minimum absolute atomic E-state index is 0.155. The summed E-state index contributed by atoms with van der Waals surface area (Å²) in [6, 6.07) is 11.8. The molecule has 1 aromatic carbocycles. The Bertz CT molecular complexity index is 984. The van der Waals surface area contributed by atoms with E-state index in [0.29, 0.717) is 42.3 Å². The molecule has 0 amide bonds. The fraction of sp³-hybridized carbons (Fsp3) is 0.350. The van der Waals surface area contributed by atoms with Crippen molar-refractivity contribution < 1.29 is 14.3 Å². The number of hydrogen-bond acceptors (Lipinski definition) is 7. The van der Waals surface area contributed by atoms with Gasteiger partial charge in [0.1, 0.15) is 10.7 Å². The van der Waals surface area contributed by atoms with Crippen LogP contribution in [0.25, 0.3) is 20.7 Å². The van der Waals surface area contributed by atoms with Crippen molar-refractivity contribution in [2.75, 3.05) is 33.9 Å². The molecule has 1 N–H and O–H groups in total. The average molecular weight is 401 g/mol. The maximum absolute atomic E-state index is 12.5. The van der Waals surface area contributed by atoms with E-state index in [1.807, 2.05) is 41.3 Å². The molecule has 0 radical (unpaired) electrons. The lowest BCUT2D eigenvalue weighted by Gasteiger charge is -2.20. The number of aromatic nitrogens is 2. The quantitative estimate of drug-likeness (QED) is 0.555. The molecule has 2 aromatic heterocycles. The van der Waals surface area contributed by atoms with Gasteiger partial charge in [0.25, 0.3) is 5.56 Å². The van der Waals surface area contributed by atoms with Crippen molar-refractivity contribution in [2.45, 2.75) is 13.0 Å². The zero-order chi connectivity index (χ0) is 19.9. The molecule has 28 heavy (non-hydrogen) atoms. The number of nitrogens with one attached hydrogen (secondary N) is 1. The molecule has 0 spiro atoms. The van der Waals surface area contributed by atoms with Crippen LogP contribution in [0.1, 0.15) is 12.2 Å². The molecule has 8 heteroatoms. The maximum Gasteiger partial charge on any atom is 0.306 e.